The molecule has 0 radical (unpaired) electrons. The Balaban J connectivity index is 1.61. The molecular formula is C25H22ClN3O3. The summed E-state index contributed by atoms with van der Waals surface area (Å²) in [4.78, 5) is 30.9. The molecule has 0 spiro atoms. The van der Waals surface area contributed by atoms with Gasteiger partial charge in [0.15, 0.2) is 0 Å². The van der Waals surface area contributed by atoms with Crippen molar-refractivity contribution >= 4 is 40.8 Å². The predicted molar refractivity (Wildman–Crippen MR) is 125 cm³/mol. The summed E-state index contributed by atoms with van der Waals surface area (Å²) in [6.45, 7) is 2.71. The highest BCUT2D eigenvalue weighted by molar-refractivity contribution is 6.36. The second kappa shape index (κ2) is 7.97. The summed E-state index contributed by atoms with van der Waals surface area (Å²) in [6.07, 6.45) is 1.82. The number of nitrogens with one attached hydrogen (secondary N) is 2. The first-order valence-corrected chi connectivity index (χ1v) is 10.9. The van der Waals surface area contributed by atoms with E-state index < -0.39 is 6.10 Å². The normalized spacial score (nSPS) is 18.8. The van der Waals surface area contributed by atoms with Crippen LogP contribution in [0.25, 0.3) is 22.8 Å². The first kappa shape index (κ1) is 20.5. The number of hydrogen-bond acceptors (Lipinski definition) is 3. The number of halogens is 1. The molecule has 6 nitrogen and oxygen atoms in total. The molecule has 0 saturated carbocycles. The molecule has 2 amide bonds. The summed E-state index contributed by atoms with van der Waals surface area (Å²) in [5, 5.41) is 13.4. The third kappa shape index (κ3) is 3.61. The maximum absolute atomic E-state index is 13.1. The molecule has 2 aromatic carbocycles. The number of nitrogens with zero attached hydrogens (tertiary/aromatic N) is 1. The Bertz CT molecular complexity index is 1280. The van der Waals surface area contributed by atoms with Gasteiger partial charge >= 0.3 is 0 Å². The predicted octanol–water partition coefficient (Wildman–Crippen LogP) is 4.34. The minimum Gasteiger partial charge on any atom is -0.391 e. The highest BCUT2D eigenvalue weighted by Crippen LogP contribution is 2.41. The molecule has 5 rings (SSSR count). The van der Waals surface area contributed by atoms with E-state index in [9.17, 15) is 14.7 Å². The second-order valence-electron chi connectivity index (χ2n) is 8.22. The number of aromatic amines is 1. The van der Waals surface area contributed by atoms with E-state index in [1.165, 1.54) is 0 Å². The molecule has 1 aromatic heterocycles. The summed E-state index contributed by atoms with van der Waals surface area (Å²) in [5.74, 6) is -0.378. The Hall–Kier alpha value is -3.35. The number of amides is 2. The molecule has 0 aliphatic carbocycles. The summed E-state index contributed by atoms with van der Waals surface area (Å²) in [5.41, 5.74) is 5.66. The average Bonchev–Trinajstić information content (AvgIpc) is 3.45. The van der Waals surface area contributed by atoms with E-state index in [1.807, 2.05) is 49.4 Å². The summed E-state index contributed by atoms with van der Waals surface area (Å²) < 4.78 is 0. The largest absolute Gasteiger partial charge is 0.391 e. The standard InChI is InChI=1S/C25H22ClN3O3/c1-14-10-19(25(32)29-9-8-17(30)13-29)22(27-14)12-20-23-18(15-4-2-5-16(26)11-15)6-3-7-21(23)28-24(20)31/h2-7,10-12,17,27,30H,8-9,13H2,1H3,(H,28,31)/b20-12-/t17-/m1/s1. The van der Waals surface area contributed by atoms with E-state index in [-0.39, 0.29) is 11.8 Å². The number of aliphatic hydroxyl groups excluding tert-OH is 1. The number of β-amino-alcohol motifs (C(OH)–C–C–N with tert-alkyl or cyclic N) is 1. The fourth-order valence-corrected chi connectivity index (χ4v) is 4.62. The molecule has 3 N–H and O–H groups in total. The molecule has 1 fully saturated rings. The van der Waals surface area contributed by atoms with Gasteiger partial charge in [0.1, 0.15) is 0 Å². The minimum atomic E-state index is -0.492. The number of H-pyrrole nitrogens is 1. The van der Waals surface area contributed by atoms with E-state index >= 15 is 0 Å². The number of rotatable bonds is 3. The fourth-order valence-electron chi connectivity index (χ4n) is 4.43. The number of carbonyl (C=O) groups is 2. The lowest BCUT2D eigenvalue weighted by atomic mass is 9.94. The fraction of sp³-hybridized carbons (Fsp3) is 0.200. The van der Waals surface area contributed by atoms with Gasteiger partial charge in [-0.2, -0.15) is 0 Å². The van der Waals surface area contributed by atoms with E-state index in [2.05, 4.69) is 10.3 Å². The van der Waals surface area contributed by atoms with Crippen LogP contribution in [0.15, 0.2) is 48.5 Å². The Kier molecular flexibility index (Phi) is 5.12. The van der Waals surface area contributed by atoms with Gasteiger partial charge in [0.2, 0.25) is 0 Å². The number of benzene rings is 2. The van der Waals surface area contributed by atoms with Gasteiger partial charge in [-0.1, -0.05) is 35.9 Å². The van der Waals surface area contributed by atoms with Crippen molar-refractivity contribution in [1.29, 1.82) is 0 Å². The number of fused-ring (bicyclic) bond motifs is 1. The van der Waals surface area contributed by atoms with Gasteiger partial charge in [-0.15, -0.1) is 0 Å². The van der Waals surface area contributed by atoms with Crippen LogP contribution in [0.3, 0.4) is 0 Å². The van der Waals surface area contributed by atoms with Crippen LogP contribution in [0.2, 0.25) is 5.02 Å². The zero-order valence-electron chi connectivity index (χ0n) is 17.5. The number of aromatic nitrogens is 1. The zero-order chi connectivity index (χ0) is 22.4. The van der Waals surface area contributed by atoms with Crippen molar-refractivity contribution in [3.63, 3.8) is 0 Å². The van der Waals surface area contributed by atoms with Crippen LogP contribution in [0.1, 0.15) is 33.7 Å². The Morgan fingerprint density at radius 3 is 2.78 bits per heavy atom. The van der Waals surface area contributed by atoms with Gasteiger partial charge in [0.25, 0.3) is 11.8 Å². The van der Waals surface area contributed by atoms with Gasteiger partial charge in [-0.25, -0.2) is 0 Å². The molecule has 162 valence electrons. The van der Waals surface area contributed by atoms with Crippen molar-refractivity contribution in [2.75, 3.05) is 18.4 Å². The third-order valence-corrected chi connectivity index (χ3v) is 6.15. The van der Waals surface area contributed by atoms with Crippen LogP contribution in [0, 0.1) is 6.92 Å². The van der Waals surface area contributed by atoms with E-state index in [0.29, 0.717) is 41.4 Å². The Labute approximate surface area is 190 Å². The third-order valence-electron chi connectivity index (χ3n) is 5.91. The zero-order valence-corrected chi connectivity index (χ0v) is 18.2. The van der Waals surface area contributed by atoms with E-state index in [1.54, 1.807) is 17.0 Å². The lowest BCUT2D eigenvalue weighted by molar-refractivity contribution is -0.110. The van der Waals surface area contributed by atoms with Gasteiger partial charge < -0.3 is 20.3 Å². The smallest absolute Gasteiger partial charge is 0.256 e. The molecule has 2 aliphatic rings. The molecule has 3 heterocycles. The van der Waals surface area contributed by atoms with Gasteiger partial charge in [0.05, 0.1) is 22.9 Å². The number of aliphatic hydroxyl groups is 1. The number of anilines is 1. The molecule has 2 aliphatic heterocycles. The van der Waals surface area contributed by atoms with E-state index in [4.69, 9.17) is 11.6 Å². The molecular weight excluding hydrogens is 426 g/mol. The molecule has 0 unspecified atom stereocenters. The van der Waals surface area contributed by atoms with E-state index in [0.717, 1.165) is 28.1 Å². The highest BCUT2D eigenvalue weighted by atomic mass is 35.5. The van der Waals surface area contributed by atoms with Crippen LogP contribution >= 0.6 is 11.6 Å². The molecule has 32 heavy (non-hydrogen) atoms. The van der Waals surface area contributed by atoms with Gasteiger partial charge in [-0.3, -0.25) is 9.59 Å². The summed E-state index contributed by atoms with van der Waals surface area (Å²) >= 11 is 6.21. The SMILES string of the molecule is Cc1cc(C(=O)N2CC[C@@H](O)C2)c(/C=C2\C(=O)Nc3cccc(-c4cccc(Cl)c4)c32)[nH]1. The molecule has 7 heteroatoms. The monoisotopic (exact) mass is 447 g/mol. The van der Waals surface area contributed by atoms with Crippen LogP contribution < -0.4 is 5.32 Å². The highest BCUT2D eigenvalue weighted by Gasteiger charge is 2.30. The maximum Gasteiger partial charge on any atom is 0.256 e. The maximum atomic E-state index is 13.1. The molecule has 1 saturated heterocycles. The first-order valence-electron chi connectivity index (χ1n) is 10.5. The number of carbonyl (C=O) groups excluding carboxylic acids is 2. The van der Waals surface area contributed by atoms with Crippen LogP contribution in [-0.4, -0.2) is 46.0 Å². The van der Waals surface area contributed by atoms with Gasteiger partial charge in [0, 0.05) is 35.1 Å². The van der Waals surface area contributed by atoms with Crippen LogP contribution in [0.4, 0.5) is 5.69 Å². The first-order chi connectivity index (χ1) is 15.4. The quantitative estimate of drug-likeness (QED) is 0.522. The van der Waals surface area contributed by atoms with Crippen molar-refractivity contribution in [2.45, 2.75) is 19.4 Å². The lowest BCUT2D eigenvalue weighted by Gasteiger charge is -2.15. The van der Waals surface area contributed by atoms with Crippen molar-refractivity contribution < 1.29 is 14.7 Å². The van der Waals surface area contributed by atoms with Crippen molar-refractivity contribution in [3.8, 4) is 11.1 Å². The Morgan fingerprint density at radius 1 is 1.22 bits per heavy atom. The topological polar surface area (TPSA) is 85.4 Å². The van der Waals surface area contributed by atoms with Crippen molar-refractivity contribution in [3.05, 3.63) is 76.1 Å². The molecule has 3 aromatic rings. The minimum absolute atomic E-state index is 0.153. The number of aryl methyl sites for hydroxylation is 1. The van der Waals surface area contributed by atoms with Crippen molar-refractivity contribution in [1.82, 2.24) is 9.88 Å². The summed E-state index contributed by atoms with van der Waals surface area (Å²) in [7, 11) is 0. The number of likely N-dealkylation sites (tertiary alicyclic amines) is 1. The van der Waals surface area contributed by atoms with Crippen LogP contribution in [0.5, 0.6) is 0 Å². The molecule has 1 atom stereocenters. The average molecular weight is 448 g/mol. The Morgan fingerprint density at radius 2 is 2.03 bits per heavy atom. The molecule has 0 bridgehead atoms. The lowest BCUT2D eigenvalue weighted by Crippen LogP contribution is -2.29. The summed E-state index contributed by atoms with van der Waals surface area (Å²) in [6, 6.07) is 15.0. The van der Waals surface area contributed by atoms with Gasteiger partial charge in [-0.05, 0) is 54.8 Å². The van der Waals surface area contributed by atoms with Crippen LogP contribution in [-0.2, 0) is 4.79 Å². The number of hydrogen-bond donors (Lipinski definition) is 3. The second-order valence-corrected chi connectivity index (χ2v) is 8.66. The van der Waals surface area contributed by atoms with Crippen molar-refractivity contribution in [2.24, 2.45) is 0 Å².